The lowest BCUT2D eigenvalue weighted by Gasteiger charge is -2.34. The van der Waals surface area contributed by atoms with E-state index in [1.807, 2.05) is 18.7 Å². The van der Waals surface area contributed by atoms with Crippen molar-refractivity contribution < 1.29 is 4.79 Å². The molecule has 0 bridgehead atoms. The lowest BCUT2D eigenvalue weighted by molar-refractivity contribution is -0.136. The Kier molecular flexibility index (Phi) is 3.96. The zero-order chi connectivity index (χ0) is 15.7. The molecule has 22 heavy (non-hydrogen) atoms. The summed E-state index contributed by atoms with van der Waals surface area (Å²) >= 11 is 0. The van der Waals surface area contributed by atoms with Gasteiger partial charge in [-0.15, -0.1) is 0 Å². The molecular formula is C15H22N6O. The molecule has 0 saturated carbocycles. The van der Waals surface area contributed by atoms with Gasteiger partial charge in [-0.2, -0.15) is 10.2 Å². The second-order valence-electron chi connectivity index (χ2n) is 6.00. The Morgan fingerprint density at radius 3 is 2.86 bits per heavy atom. The van der Waals surface area contributed by atoms with Gasteiger partial charge in [0.25, 0.3) is 0 Å². The smallest absolute Gasteiger partial charge is 0.247 e. The lowest BCUT2D eigenvalue weighted by atomic mass is 10.0. The first-order valence-electron chi connectivity index (χ1n) is 7.72. The van der Waals surface area contributed by atoms with Gasteiger partial charge in [-0.05, 0) is 39.7 Å². The molecule has 0 spiro atoms. The van der Waals surface area contributed by atoms with Crippen molar-refractivity contribution in [2.45, 2.75) is 45.7 Å². The highest BCUT2D eigenvalue weighted by Crippen LogP contribution is 2.24. The first-order chi connectivity index (χ1) is 10.6. The third kappa shape index (κ3) is 2.75. The minimum absolute atomic E-state index is 0.0942. The molecule has 0 N–H and O–H groups in total. The SMILES string of the molecule is Cc1cc(C)n([C@@H]2CCCN(C(=O)[C@H](C)n3cncn3)C2)n1. The average Bonchev–Trinajstić information content (AvgIpc) is 3.15. The molecule has 2 aromatic rings. The van der Waals surface area contributed by atoms with Crippen LogP contribution in [0.1, 0.15) is 43.2 Å². The van der Waals surface area contributed by atoms with Crippen LogP contribution in [0.3, 0.4) is 0 Å². The zero-order valence-electron chi connectivity index (χ0n) is 13.3. The number of likely N-dealkylation sites (tertiary alicyclic amines) is 1. The predicted octanol–water partition coefficient (Wildman–Crippen LogP) is 1.52. The van der Waals surface area contributed by atoms with Gasteiger partial charge in [-0.25, -0.2) is 9.67 Å². The van der Waals surface area contributed by atoms with Crippen molar-refractivity contribution in [2.24, 2.45) is 0 Å². The Morgan fingerprint density at radius 1 is 1.41 bits per heavy atom. The van der Waals surface area contributed by atoms with E-state index >= 15 is 0 Å². The van der Waals surface area contributed by atoms with Crippen molar-refractivity contribution in [3.8, 4) is 0 Å². The van der Waals surface area contributed by atoms with E-state index in [4.69, 9.17) is 0 Å². The maximum absolute atomic E-state index is 12.7. The summed E-state index contributed by atoms with van der Waals surface area (Å²) in [5, 5.41) is 8.64. The molecule has 2 atom stereocenters. The number of hydrogen-bond donors (Lipinski definition) is 0. The zero-order valence-corrected chi connectivity index (χ0v) is 13.3. The quantitative estimate of drug-likeness (QED) is 0.862. The third-order valence-corrected chi connectivity index (χ3v) is 4.29. The number of nitrogens with zero attached hydrogens (tertiary/aromatic N) is 6. The summed E-state index contributed by atoms with van der Waals surface area (Å²) in [7, 11) is 0. The number of rotatable bonds is 3. The largest absolute Gasteiger partial charge is 0.339 e. The monoisotopic (exact) mass is 302 g/mol. The fourth-order valence-corrected chi connectivity index (χ4v) is 3.17. The summed E-state index contributed by atoms with van der Waals surface area (Å²) in [6.45, 7) is 7.44. The van der Waals surface area contributed by atoms with Crippen LogP contribution in [0.25, 0.3) is 0 Å². The van der Waals surface area contributed by atoms with E-state index in [0.717, 1.165) is 30.8 Å². The number of aryl methyl sites for hydroxylation is 2. The highest BCUT2D eigenvalue weighted by Gasteiger charge is 2.29. The molecule has 1 fully saturated rings. The predicted molar refractivity (Wildman–Crippen MR) is 81.3 cm³/mol. The van der Waals surface area contributed by atoms with Gasteiger partial charge in [0, 0.05) is 18.8 Å². The Hall–Kier alpha value is -2.18. The molecule has 1 aliphatic rings. The van der Waals surface area contributed by atoms with Crippen LogP contribution < -0.4 is 0 Å². The van der Waals surface area contributed by atoms with Gasteiger partial charge in [-0.1, -0.05) is 0 Å². The minimum atomic E-state index is -0.318. The van der Waals surface area contributed by atoms with E-state index in [1.165, 1.54) is 6.33 Å². The fraction of sp³-hybridized carbons (Fsp3) is 0.600. The number of amides is 1. The van der Waals surface area contributed by atoms with Crippen molar-refractivity contribution in [3.63, 3.8) is 0 Å². The molecular weight excluding hydrogens is 280 g/mol. The van der Waals surface area contributed by atoms with Crippen LogP contribution in [0.2, 0.25) is 0 Å². The van der Waals surface area contributed by atoms with E-state index in [1.54, 1.807) is 11.0 Å². The molecule has 0 unspecified atom stereocenters. The Bertz CT molecular complexity index is 647. The van der Waals surface area contributed by atoms with Crippen molar-refractivity contribution in [1.82, 2.24) is 29.4 Å². The van der Waals surface area contributed by atoms with Crippen molar-refractivity contribution >= 4 is 5.91 Å². The van der Waals surface area contributed by atoms with Gasteiger partial charge in [0.15, 0.2) is 0 Å². The fourth-order valence-electron chi connectivity index (χ4n) is 3.17. The normalized spacial score (nSPS) is 20.1. The topological polar surface area (TPSA) is 68.8 Å². The van der Waals surface area contributed by atoms with E-state index in [0.29, 0.717) is 6.54 Å². The molecule has 7 nitrogen and oxygen atoms in total. The summed E-state index contributed by atoms with van der Waals surface area (Å²) < 4.78 is 3.67. The first kappa shape index (κ1) is 14.7. The van der Waals surface area contributed by atoms with Crippen molar-refractivity contribution in [3.05, 3.63) is 30.1 Å². The van der Waals surface area contributed by atoms with Crippen LogP contribution in [0.4, 0.5) is 0 Å². The van der Waals surface area contributed by atoms with Gasteiger partial charge < -0.3 is 4.90 Å². The van der Waals surface area contributed by atoms with Crippen LogP contribution in [-0.2, 0) is 4.79 Å². The molecule has 2 aromatic heterocycles. The summed E-state index contributed by atoms with van der Waals surface area (Å²) in [5.74, 6) is 0.0942. The summed E-state index contributed by atoms with van der Waals surface area (Å²) in [5.41, 5.74) is 2.18. The maximum atomic E-state index is 12.7. The van der Waals surface area contributed by atoms with Crippen LogP contribution >= 0.6 is 0 Å². The van der Waals surface area contributed by atoms with Crippen molar-refractivity contribution in [1.29, 1.82) is 0 Å². The van der Waals surface area contributed by atoms with Crippen LogP contribution in [-0.4, -0.2) is 48.4 Å². The second kappa shape index (κ2) is 5.90. The number of carbonyl (C=O) groups is 1. The van der Waals surface area contributed by atoms with Gasteiger partial charge in [0.1, 0.15) is 18.7 Å². The molecule has 3 rings (SSSR count). The minimum Gasteiger partial charge on any atom is -0.339 e. The van der Waals surface area contributed by atoms with E-state index in [9.17, 15) is 4.79 Å². The highest BCUT2D eigenvalue weighted by atomic mass is 16.2. The van der Waals surface area contributed by atoms with Crippen LogP contribution in [0.15, 0.2) is 18.7 Å². The summed E-state index contributed by atoms with van der Waals surface area (Å²) in [6.07, 6.45) is 5.10. The Balaban J connectivity index is 1.73. The molecule has 0 aliphatic carbocycles. The second-order valence-corrected chi connectivity index (χ2v) is 6.00. The molecule has 3 heterocycles. The first-order valence-corrected chi connectivity index (χ1v) is 7.72. The standard InChI is InChI=1S/C15H22N6O/c1-11-7-12(2)21(18-11)14-5-4-6-19(8-14)15(22)13(3)20-10-16-9-17-20/h7,9-10,13-14H,4-6,8H2,1-3H3/t13-,14+/m0/s1. The average molecular weight is 302 g/mol. The number of carbonyl (C=O) groups excluding carboxylic acids is 1. The molecule has 118 valence electrons. The van der Waals surface area contributed by atoms with Crippen LogP contribution in [0, 0.1) is 13.8 Å². The molecule has 1 aliphatic heterocycles. The molecule has 0 radical (unpaired) electrons. The van der Waals surface area contributed by atoms with Gasteiger partial charge in [-0.3, -0.25) is 9.48 Å². The van der Waals surface area contributed by atoms with E-state index in [2.05, 4.69) is 32.9 Å². The van der Waals surface area contributed by atoms with E-state index < -0.39 is 0 Å². The molecule has 1 saturated heterocycles. The highest BCUT2D eigenvalue weighted by molar-refractivity contribution is 5.80. The van der Waals surface area contributed by atoms with Crippen molar-refractivity contribution in [2.75, 3.05) is 13.1 Å². The Labute approximate surface area is 129 Å². The number of aromatic nitrogens is 5. The number of piperidine rings is 1. The van der Waals surface area contributed by atoms with Gasteiger partial charge >= 0.3 is 0 Å². The summed E-state index contributed by atoms with van der Waals surface area (Å²) in [6, 6.07) is 2.02. The third-order valence-electron chi connectivity index (χ3n) is 4.29. The molecule has 7 heteroatoms. The summed E-state index contributed by atoms with van der Waals surface area (Å²) in [4.78, 5) is 18.5. The van der Waals surface area contributed by atoms with Gasteiger partial charge in [0.2, 0.25) is 5.91 Å². The molecule has 1 amide bonds. The van der Waals surface area contributed by atoms with Crippen LogP contribution in [0.5, 0.6) is 0 Å². The Morgan fingerprint density at radius 2 is 2.23 bits per heavy atom. The van der Waals surface area contributed by atoms with Gasteiger partial charge in [0.05, 0.1) is 11.7 Å². The number of hydrogen-bond acceptors (Lipinski definition) is 4. The lowest BCUT2D eigenvalue weighted by Crippen LogP contribution is -2.44. The molecule has 0 aromatic carbocycles. The maximum Gasteiger partial charge on any atom is 0.247 e. The van der Waals surface area contributed by atoms with E-state index in [-0.39, 0.29) is 18.0 Å².